The molecule has 0 aliphatic carbocycles. The zero-order valence-corrected chi connectivity index (χ0v) is 18.5. The maximum absolute atomic E-state index is 13.0. The summed E-state index contributed by atoms with van der Waals surface area (Å²) in [7, 11) is 0. The smallest absolute Gasteiger partial charge is 0.416 e. The Labute approximate surface area is 194 Å². The summed E-state index contributed by atoms with van der Waals surface area (Å²) in [5.41, 5.74) is 4.37. The number of hydrogen-bond donors (Lipinski definition) is 3. The Hall–Kier alpha value is -3.43. The minimum absolute atomic E-state index is 0.0661. The van der Waals surface area contributed by atoms with Gasteiger partial charge in [0.25, 0.3) is 0 Å². The quantitative estimate of drug-likeness (QED) is 0.402. The number of pyridine rings is 1. The molecular formula is C25H24F3N5O. The van der Waals surface area contributed by atoms with Gasteiger partial charge in [-0.1, -0.05) is 12.1 Å². The van der Waals surface area contributed by atoms with Crippen LogP contribution in [0.2, 0.25) is 0 Å². The number of aryl methyl sites for hydroxylation is 1. The van der Waals surface area contributed by atoms with Crippen LogP contribution in [0, 0.1) is 6.92 Å². The number of alkyl halides is 3. The molecule has 2 aromatic heterocycles. The van der Waals surface area contributed by atoms with Gasteiger partial charge in [-0.15, -0.1) is 0 Å². The van der Waals surface area contributed by atoms with Crippen molar-refractivity contribution in [2.45, 2.75) is 25.7 Å². The van der Waals surface area contributed by atoms with E-state index in [1.165, 1.54) is 0 Å². The van der Waals surface area contributed by atoms with Crippen LogP contribution in [0.4, 0.5) is 13.2 Å². The van der Waals surface area contributed by atoms with E-state index < -0.39 is 11.7 Å². The molecule has 1 fully saturated rings. The molecule has 1 atom stereocenters. The molecule has 6 nitrogen and oxygen atoms in total. The molecule has 0 saturated carbocycles. The van der Waals surface area contributed by atoms with Crippen molar-refractivity contribution in [3.8, 4) is 17.0 Å². The monoisotopic (exact) mass is 467 g/mol. The molecule has 0 spiro atoms. The third-order valence-electron chi connectivity index (χ3n) is 6.30. The maximum atomic E-state index is 13.0. The average Bonchev–Trinajstić information content (AvgIpc) is 3.20. The van der Waals surface area contributed by atoms with Crippen molar-refractivity contribution < 1.29 is 18.3 Å². The summed E-state index contributed by atoms with van der Waals surface area (Å²) < 4.78 is 39.1. The van der Waals surface area contributed by atoms with E-state index in [-0.39, 0.29) is 11.8 Å². The second-order valence-electron chi connectivity index (χ2n) is 8.57. The van der Waals surface area contributed by atoms with Crippen LogP contribution in [0.5, 0.6) is 5.75 Å². The highest BCUT2D eigenvalue weighted by Crippen LogP contribution is 2.33. The van der Waals surface area contributed by atoms with Crippen LogP contribution < -0.4 is 5.32 Å². The van der Waals surface area contributed by atoms with Gasteiger partial charge in [0, 0.05) is 48.9 Å². The van der Waals surface area contributed by atoms with E-state index in [0.717, 1.165) is 58.7 Å². The molecule has 5 rings (SSSR count). The number of nitrogens with zero attached hydrogens (tertiary/aromatic N) is 3. The fourth-order valence-electron chi connectivity index (χ4n) is 4.55. The highest BCUT2D eigenvalue weighted by molar-refractivity contribution is 5.84. The summed E-state index contributed by atoms with van der Waals surface area (Å²) in [4.78, 5) is 6.98. The normalized spacial score (nSPS) is 17.4. The van der Waals surface area contributed by atoms with Gasteiger partial charge in [-0.25, -0.2) is 4.98 Å². The Kier molecular flexibility index (Phi) is 5.75. The summed E-state index contributed by atoms with van der Waals surface area (Å²) in [6, 6.07) is 14.3. The Morgan fingerprint density at radius 1 is 1.09 bits per heavy atom. The van der Waals surface area contributed by atoms with Gasteiger partial charge in [-0.2, -0.15) is 18.3 Å². The van der Waals surface area contributed by atoms with E-state index in [2.05, 4.69) is 20.4 Å². The van der Waals surface area contributed by atoms with E-state index in [1.807, 2.05) is 25.1 Å². The van der Waals surface area contributed by atoms with Crippen molar-refractivity contribution in [2.24, 2.45) is 0 Å². The van der Waals surface area contributed by atoms with Crippen molar-refractivity contribution in [1.29, 1.82) is 0 Å². The maximum Gasteiger partial charge on any atom is 0.416 e. The zero-order valence-electron chi connectivity index (χ0n) is 18.5. The third-order valence-corrected chi connectivity index (χ3v) is 6.30. The third kappa shape index (κ3) is 4.36. The largest absolute Gasteiger partial charge is 0.508 e. The lowest BCUT2D eigenvalue weighted by atomic mass is 9.99. The number of halogens is 3. The number of H-pyrrole nitrogens is 1. The molecule has 0 unspecified atom stereocenters. The van der Waals surface area contributed by atoms with Crippen LogP contribution in [-0.2, 0) is 12.7 Å². The van der Waals surface area contributed by atoms with Gasteiger partial charge in [0.1, 0.15) is 5.75 Å². The molecule has 0 bridgehead atoms. The first-order valence-corrected chi connectivity index (χ1v) is 11.1. The molecule has 0 amide bonds. The summed E-state index contributed by atoms with van der Waals surface area (Å²) in [5, 5.41) is 21.3. The average molecular weight is 467 g/mol. The van der Waals surface area contributed by atoms with Gasteiger partial charge in [0.05, 0.1) is 11.3 Å². The predicted molar refractivity (Wildman–Crippen MR) is 123 cm³/mol. The molecule has 34 heavy (non-hydrogen) atoms. The van der Waals surface area contributed by atoms with Crippen molar-refractivity contribution >= 4 is 11.0 Å². The number of aromatic nitrogens is 3. The van der Waals surface area contributed by atoms with E-state index in [1.54, 1.807) is 24.3 Å². The van der Waals surface area contributed by atoms with E-state index in [9.17, 15) is 18.3 Å². The molecule has 2 aromatic carbocycles. The van der Waals surface area contributed by atoms with Crippen LogP contribution in [-0.4, -0.2) is 44.8 Å². The number of phenolic OH excluding ortho intramolecular Hbond substituents is 1. The first-order chi connectivity index (χ1) is 16.3. The van der Waals surface area contributed by atoms with Crippen LogP contribution in [0.15, 0.2) is 54.6 Å². The molecule has 3 N–H and O–H groups in total. The highest BCUT2D eigenvalue weighted by atomic mass is 19.4. The number of benzene rings is 2. The van der Waals surface area contributed by atoms with Crippen LogP contribution in [0.3, 0.4) is 0 Å². The standard InChI is InChI=1S/C25H24F3N5O/c1-15-23-18(12-21(30-24(23)32-31-15)16-4-8-20(34)9-5-16)14-33-11-10-29-13-22(33)17-2-6-19(7-3-17)25(26,27)28/h2-9,12,22,29,34H,10-11,13-14H2,1H3,(H,30,31,32)/t22-/m0/s1. The molecular weight excluding hydrogens is 443 g/mol. The number of phenols is 1. The molecule has 3 heterocycles. The van der Waals surface area contributed by atoms with E-state index in [4.69, 9.17) is 4.98 Å². The second kappa shape index (κ2) is 8.73. The number of aromatic amines is 1. The number of piperazine rings is 1. The first-order valence-electron chi connectivity index (χ1n) is 11.1. The molecule has 4 aromatic rings. The van der Waals surface area contributed by atoms with E-state index >= 15 is 0 Å². The SMILES string of the molecule is Cc1[nH]nc2nc(-c3ccc(O)cc3)cc(CN3CCNC[C@H]3c3ccc(C(F)(F)F)cc3)c12. The van der Waals surface area contributed by atoms with Gasteiger partial charge in [0.15, 0.2) is 5.65 Å². The van der Waals surface area contributed by atoms with Gasteiger partial charge < -0.3 is 10.4 Å². The molecule has 0 radical (unpaired) electrons. The molecule has 9 heteroatoms. The Morgan fingerprint density at radius 2 is 1.82 bits per heavy atom. The fourth-order valence-corrected chi connectivity index (χ4v) is 4.55. The number of hydrogen-bond acceptors (Lipinski definition) is 5. The van der Waals surface area contributed by atoms with Gasteiger partial charge in [0.2, 0.25) is 0 Å². The second-order valence-corrected chi connectivity index (χ2v) is 8.57. The lowest BCUT2D eigenvalue weighted by Gasteiger charge is -2.37. The summed E-state index contributed by atoms with van der Waals surface area (Å²) in [6.07, 6.45) is -4.35. The Bertz CT molecular complexity index is 1300. The Morgan fingerprint density at radius 3 is 2.53 bits per heavy atom. The minimum atomic E-state index is -4.35. The lowest BCUT2D eigenvalue weighted by molar-refractivity contribution is -0.137. The number of aromatic hydroxyl groups is 1. The van der Waals surface area contributed by atoms with E-state index in [0.29, 0.717) is 18.7 Å². The van der Waals surface area contributed by atoms with Crippen molar-refractivity contribution in [2.75, 3.05) is 19.6 Å². The topological polar surface area (TPSA) is 77.1 Å². The molecule has 1 saturated heterocycles. The molecule has 1 aliphatic heterocycles. The minimum Gasteiger partial charge on any atom is -0.508 e. The Balaban J connectivity index is 1.50. The van der Waals surface area contributed by atoms with Crippen molar-refractivity contribution in [1.82, 2.24) is 25.4 Å². The van der Waals surface area contributed by atoms with Crippen LogP contribution in [0.25, 0.3) is 22.3 Å². The number of fused-ring (bicyclic) bond motifs is 1. The predicted octanol–water partition coefficient (Wildman–Crippen LogP) is 4.80. The number of rotatable bonds is 4. The highest BCUT2D eigenvalue weighted by Gasteiger charge is 2.31. The van der Waals surface area contributed by atoms with Crippen molar-refractivity contribution in [3.63, 3.8) is 0 Å². The van der Waals surface area contributed by atoms with Crippen LogP contribution >= 0.6 is 0 Å². The first kappa shape index (κ1) is 22.4. The zero-order chi connectivity index (χ0) is 23.9. The van der Waals surface area contributed by atoms with Crippen molar-refractivity contribution in [3.05, 3.63) is 77.0 Å². The van der Waals surface area contributed by atoms with Crippen LogP contribution in [0.1, 0.15) is 28.4 Å². The lowest BCUT2D eigenvalue weighted by Crippen LogP contribution is -2.45. The summed E-state index contributed by atoms with van der Waals surface area (Å²) >= 11 is 0. The molecule has 176 valence electrons. The van der Waals surface area contributed by atoms with Gasteiger partial charge >= 0.3 is 6.18 Å². The summed E-state index contributed by atoms with van der Waals surface area (Å²) in [6.45, 7) is 4.74. The van der Waals surface area contributed by atoms with Gasteiger partial charge in [-0.3, -0.25) is 10.00 Å². The van der Waals surface area contributed by atoms with Gasteiger partial charge in [-0.05, 0) is 60.5 Å². The fraction of sp³-hybridized carbons (Fsp3) is 0.280. The number of nitrogens with one attached hydrogen (secondary N) is 2. The summed E-state index contributed by atoms with van der Waals surface area (Å²) in [5.74, 6) is 0.181. The molecule has 1 aliphatic rings.